The number of esters is 2. The molecular formula is C20H25NO5. The molecule has 1 aromatic rings. The Balaban J connectivity index is 2.14. The minimum Gasteiger partial charge on any atom is -0.497 e. The number of hydrogen-bond donors (Lipinski definition) is 1. The van der Waals surface area contributed by atoms with Crippen LogP contribution in [0.1, 0.15) is 37.8 Å². The highest BCUT2D eigenvalue weighted by Crippen LogP contribution is 2.42. The van der Waals surface area contributed by atoms with Gasteiger partial charge in [-0.1, -0.05) is 6.07 Å². The molecular weight excluding hydrogens is 334 g/mol. The van der Waals surface area contributed by atoms with E-state index in [2.05, 4.69) is 5.32 Å². The molecule has 2 aliphatic rings. The topological polar surface area (TPSA) is 73.9 Å². The number of rotatable bonds is 5. The van der Waals surface area contributed by atoms with Crippen molar-refractivity contribution in [3.8, 4) is 5.75 Å². The van der Waals surface area contributed by atoms with E-state index < -0.39 is 17.5 Å². The molecule has 140 valence electrons. The lowest BCUT2D eigenvalue weighted by atomic mass is 9.73. The lowest BCUT2D eigenvalue weighted by Gasteiger charge is -2.40. The molecule has 3 rings (SSSR count). The van der Waals surface area contributed by atoms with Gasteiger partial charge in [0.25, 0.3) is 0 Å². The van der Waals surface area contributed by atoms with Crippen LogP contribution in [0.4, 0.5) is 0 Å². The zero-order valence-corrected chi connectivity index (χ0v) is 15.5. The van der Waals surface area contributed by atoms with Gasteiger partial charge in [-0.05, 0) is 67.5 Å². The molecule has 1 aliphatic carbocycles. The quantitative estimate of drug-likeness (QED) is 0.642. The minimum atomic E-state index is -1.54. The molecule has 6 heteroatoms. The third-order valence-corrected chi connectivity index (χ3v) is 5.03. The maximum Gasteiger partial charge on any atom is 0.342 e. The summed E-state index contributed by atoms with van der Waals surface area (Å²) in [7, 11) is 1.65. The van der Waals surface area contributed by atoms with E-state index in [-0.39, 0.29) is 13.2 Å². The van der Waals surface area contributed by atoms with E-state index >= 15 is 0 Å². The third-order valence-electron chi connectivity index (χ3n) is 5.03. The van der Waals surface area contributed by atoms with Gasteiger partial charge in [-0.15, -0.1) is 0 Å². The average molecular weight is 359 g/mol. The summed E-state index contributed by atoms with van der Waals surface area (Å²) >= 11 is 0. The maximum atomic E-state index is 12.9. The van der Waals surface area contributed by atoms with Gasteiger partial charge in [-0.25, -0.2) is 9.59 Å². The van der Waals surface area contributed by atoms with Gasteiger partial charge in [-0.3, -0.25) is 5.32 Å². The number of fused-ring (bicyclic) bond motifs is 2. The van der Waals surface area contributed by atoms with Crippen LogP contribution >= 0.6 is 0 Å². The second-order valence-corrected chi connectivity index (χ2v) is 6.35. The van der Waals surface area contributed by atoms with Gasteiger partial charge < -0.3 is 14.2 Å². The van der Waals surface area contributed by atoms with Crippen molar-refractivity contribution < 1.29 is 23.8 Å². The van der Waals surface area contributed by atoms with Gasteiger partial charge in [0.2, 0.25) is 5.54 Å². The molecule has 1 aliphatic heterocycles. The fourth-order valence-corrected chi connectivity index (χ4v) is 3.91. The second-order valence-electron chi connectivity index (χ2n) is 6.35. The summed E-state index contributed by atoms with van der Waals surface area (Å²) < 4.78 is 15.9. The van der Waals surface area contributed by atoms with Gasteiger partial charge in [0.1, 0.15) is 5.75 Å². The first-order valence-electron chi connectivity index (χ1n) is 9.07. The Kier molecular flexibility index (Phi) is 5.32. The molecule has 1 N–H and O–H groups in total. The summed E-state index contributed by atoms with van der Waals surface area (Å²) in [6, 6.07) is 5.94. The van der Waals surface area contributed by atoms with Crippen molar-refractivity contribution in [1.82, 2.24) is 5.32 Å². The van der Waals surface area contributed by atoms with Crippen LogP contribution in [0.5, 0.6) is 5.75 Å². The number of carbonyl (C=O) groups excluding carboxylic acids is 2. The van der Waals surface area contributed by atoms with Crippen molar-refractivity contribution in [2.75, 3.05) is 26.9 Å². The fraction of sp³-hybridized carbons (Fsp3) is 0.500. The highest BCUT2D eigenvalue weighted by atomic mass is 16.6. The van der Waals surface area contributed by atoms with Gasteiger partial charge >= 0.3 is 11.9 Å². The van der Waals surface area contributed by atoms with Crippen LogP contribution in [0.2, 0.25) is 0 Å². The van der Waals surface area contributed by atoms with Crippen LogP contribution in [0.15, 0.2) is 23.8 Å². The smallest absolute Gasteiger partial charge is 0.342 e. The van der Waals surface area contributed by atoms with E-state index in [1.807, 2.05) is 18.2 Å². The Hall–Kier alpha value is -2.34. The standard InChI is InChI=1S/C20H25NO5/c1-4-25-18(22)20(19(23)26-5-2)17-9-6-13-12-14(24-3)7-8-15(13)16(17)10-11-21-20/h7-8,12,21H,4-6,9-11H2,1-3H3. The highest BCUT2D eigenvalue weighted by molar-refractivity contribution is 6.11. The third kappa shape index (κ3) is 2.88. The lowest BCUT2D eigenvalue weighted by molar-refractivity contribution is -0.164. The number of methoxy groups -OCH3 is 1. The molecule has 1 heterocycles. The maximum absolute atomic E-state index is 12.9. The molecule has 0 spiro atoms. The Labute approximate surface area is 153 Å². The zero-order valence-electron chi connectivity index (χ0n) is 15.5. The molecule has 0 saturated heterocycles. The van der Waals surface area contributed by atoms with Gasteiger partial charge in [-0.2, -0.15) is 0 Å². The summed E-state index contributed by atoms with van der Waals surface area (Å²) in [5, 5.41) is 3.12. The first-order chi connectivity index (χ1) is 12.6. The van der Waals surface area contributed by atoms with E-state index in [0.29, 0.717) is 13.0 Å². The first kappa shape index (κ1) is 18.5. The monoisotopic (exact) mass is 359 g/mol. The van der Waals surface area contributed by atoms with E-state index in [4.69, 9.17) is 14.2 Å². The number of aryl methyl sites for hydroxylation is 1. The molecule has 0 bridgehead atoms. The molecule has 0 fully saturated rings. The predicted molar refractivity (Wildman–Crippen MR) is 96.9 cm³/mol. The molecule has 6 nitrogen and oxygen atoms in total. The number of nitrogens with one attached hydrogen (secondary N) is 1. The minimum absolute atomic E-state index is 0.206. The number of ether oxygens (including phenoxy) is 3. The fourth-order valence-electron chi connectivity index (χ4n) is 3.91. The van der Waals surface area contributed by atoms with E-state index in [1.165, 1.54) is 5.56 Å². The summed E-state index contributed by atoms with van der Waals surface area (Å²) in [6.07, 6.45) is 2.07. The molecule has 0 radical (unpaired) electrons. The van der Waals surface area contributed by atoms with Crippen LogP contribution in [-0.2, 0) is 25.5 Å². The second kappa shape index (κ2) is 7.50. The van der Waals surface area contributed by atoms with Crippen molar-refractivity contribution in [3.05, 3.63) is 34.9 Å². The molecule has 0 saturated carbocycles. The van der Waals surface area contributed by atoms with Crippen LogP contribution in [0.3, 0.4) is 0 Å². The van der Waals surface area contributed by atoms with Crippen LogP contribution in [-0.4, -0.2) is 44.3 Å². The van der Waals surface area contributed by atoms with E-state index in [0.717, 1.165) is 35.3 Å². The summed E-state index contributed by atoms with van der Waals surface area (Å²) in [6.45, 7) is 4.38. The zero-order chi connectivity index (χ0) is 18.7. The van der Waals surface area contributed by atoms with Gasteiger partial charge in [0, 0.05) is 6.54 Å². The Bertz CT molecular complexity index is 735. The highest BCUT2D eigenvalue weighted by Gasteiger charge is 2.54. The van der Waals surface area contributed by atoms with Crippen molar-refractivity contribution in [1.29, 1.82) is 0 Å². The number of hydrogen-bond acceptors (Lipinski definition) is 6. The van der Waals surface area contributed by atoms with Crippen LogP contribution < -0.4 is 10.1 Å². The molecule has 26 heavy (non-hydrogen) atoms. The Morgan fingerprint density at radius 3 is 2.38 bits per heavy atom. The average Bonchev–Trinajstić information content (AvgIpc) is 2.66. The largest absolute Gasteiger partial charge is 0.497 e. The molecule has 1 aromatic carbocycles. The lowest BCUT2D eigenvalue weighted by Crippen LogP contribution is -2.63. The molecule has 0 amide bonds. The van der Waals surface area contributed by atoms with Crippen molar-refractivity contribution in [3.63, 3.8) is 0 Å². The van der Waals surface area contributed by atoms with Crippen molar-refractivity contribution in [2.24, 2.45) is 0 Å². The summed E-state index contributed by atoms with van der Waals surface area (Å²) in [5.74, 6) is -0.353. The van der Waals surface area contributed by atoms with Crippen molar-refractivity contribution in [2.45, 2.75) is 38.6 Å². The number of carbonyl (C=O) groups is 2. The first-order valence-corrected chi connectivity index (χ1v) is 9.07. The molecule has 0 unspecified atom stereocenters. The molecule has 0 atom stereocenters. The van der Waals surface area contributed by atoms with Crippen LogP contribution in [0, 0.1) is 0 Å². The Morgan fingerprint density at radius 1 is 1.08 bits per heavy atom. The van der Waals surface area contributed by atoms with Gasteiger partial charge in [0.05, 0.1) is 20.3 Å². The van der Waals surface area contributed by atoms with Crippen LogP contribution in [0.25, 0.3) is 5.57 Å². The van der Waals surface area contributed by atoms with Crippen molar-refractivity contribution >= 4 is 17.5 Å². The Morgan fingerprint density at radius 2 is 1.77 bits per heavy atom. The molecule has 0 aromatic heterocycles. The van der Waals surface area contributed by atoms with Gasteiger partial charge in [0.15, 0.2) is 0 Å². The number of benzene rings is 1. The SMILES string of the molecule is CCOC(=O)C1(C(=O)OCC)NCCC2=C1CCc1cc(OC)ccc12. The summed E-state index contributed by atoms with van der Waals surface area (Å²) in [4.78, 5) is 25.7. The van der Waals surface area contributed by atoms with E-state index in [1.54, 1.807) is 21.0 Å². The summed E-state index contributed by atoms with van der Waals surface area (Å²) in [5.41, 5.74) is 2.52. The predicted octanol–water partition coefficient (Wildman–Crippen LogP) is 2.25. The normalized spacial score (nSPS) is 17.8. The van der Waals surface area contributed by atoms with E-state index in [9.17, 15) is 9.59 Å².